The number of carbonyl (C=O) groups is 1. The van der Waals surface area contributed by atoms with Gasteiger partial charge < -0.3 is 4.90 Å². The van der Waals surface area contributed by atoms with E-state index in [2.05, 4.69) is 45.4 Å². The molecule has 1 amide bonds. The quantitative estimate of drug-likeness (QED) is 0.674. The van der Waals surface area contributed by atoms with Crippen LogP contribution < -0.4 is 0 Å². The van der Waals surface area contributed by atoms with Crippen molar-refractivity contribution in [3.63, 3.8) is 0 Å². The first-order valence-corrected chi connectivity index (χ1v) is 11.6. The third-order valence-corrected chi connectivity index (χ3v) is 7.32. The standard InChI is InChI=1S/C26H29N5O/c1-18-6-5-9-21(12-18)25(32)31-16-26(17-31)15-30(13-19-7-3-2-4-8-19)14-22(26)24-27-23(28-29-24)20-10-11-20/h2-9,12,20,22H,10-11,13-17H2,1H3,(H,27,28,29). The summed E-state index contributed by atoms with van der Waals surface area (Å²) in [5, 5.41) is 7.80. The summed E-state index contributed by atoms with van der Waals surface area (Å²) in [6, 6.07) is 18.5. The topological polar surface area (TPSA) is 65.1 Å². The van der Waals surface area contributed by atoms with Crippen molar-refractivity contribution in [1.82, 2.24) is 25.0 Å². The Morgan fingerprint density at radius 1 is 1.09 bits per heavy atom. The van der Waals surface area contributed by atoms with Gasteiger partial charge in [0.05, 0.1) is 0 Å². The van der Waals surface area contributed by atoms with Crippen molar-refractivity contribution in [2.45, 2.75) is 38.1 Å². The molecule has 2 saturated heterocycles. The van der Waals surface area contributed by atoms with E-state index < -0.39 is 0 Å². The van der Waals surface area contributed by atoms with Crippen molar-refractivity contribution in [3.05, 3.63) is 82.9 Å². The van der Waals surface area contributed by atoms with Gasteiger partial charge in [-0.05, 0) is 37.5 Å². The molecule has 1 aromatic heterocycles. The summed E-state index contributed by atoms with van der Waals surface area (Å²) in [4.78, 5) is 22.6. The predicted molar refractivity (Wildman–Crippen MR) is 122 cm³/mol. The number of aryl methyl sites for hydroxylation is 1. The lowest BCUT2D eigenvalue weighted by Gasteiger charge is -2.50. The number of rotatable bonds is 5. The summed E-state index contributed by atoms with van der Waals surface area (Å²) in [6.45, 7) is 6.42. The summed E-state index contributed by atoms with van der Waals surface area (Å²) >= 11 is 0. The van der Waals surface area contributed by atoms with E-state index in [0.29, 0.717) is 5.92 Å². The van der Waals surface area contributed by atoms with Crippen LogP contribution >= 0.6 is 0 Å². The van der Waals surface area contributed by atoms with Crippen LogP contribution in [0.2, 0.25) is 0 Å². The summed E-state index contributed by atoms with van der Waals surface area (Å²) in [7, 11) is 0. The van der Waals surface area contributed by atoms with E-state index in [-0.39, 0.29) is 17.2 Å². The molecule has 2 aromatic carbocycles. The highest BCUT2D eigenvalue weighted by Crippen LogP contribution is 2.49. The average molecular weight is 428 g/mol. The smallest absolute Gasteiger partial charge is 0.253 e. The molecular formula is C26H29N5O. The first kappa shape index (κ1) is 19.7. The molecule has 1 saturated carbocycles. The van der Waals surface area contributed by atoms with Crippen LogP contribution in [0.5, 0.6) is 0 Å². The number of hydrogen-bond acceptors (Lipinski definition) is 4. The molecule has 0 bridgehead atoms. The molecule has 3 fully saturated rings. The molecule has 1 spiro atoms. The number of aromatic amines is 1. The lowest BCUT2D eigenvalue weighted by Crippen LogP contribution is -2.61. The average Bonchev–Trinajstić information content (AvgIpc) is 3.38. The lowest BCUT2D eigenvalue weighted by atomic mass is 9.71. The van der Waals surface area contributed by atoms with Crippen LogP contribution in [0.1, 0.15) is 57.8 Å². The van der Waals surface area contributed by atoms with Crippen LogP contribution in [0.3, 0.4) is 0 Å². The summed E-state index contributed by atoms with van der Waals surface area (Å²) in [6.07, 6.45) is 2.40. The van der Waals surface area contributed by atoms with Crippen molar-refractivity contribution in [2.75, 3.05) is 26.2 Å². The van der Waals surface area contributed by atoms with Crippen molar-refractivity contribution < 1.29 is 4.79 Å². The zero-order valence-electron chi connectivity index (χ0n) is 18.5. The summed E-state index contributed by atoms with van der Waals surface area (Å²) in [5.41, 5.74) is 3.26. The number of carbonyl (C=O) groups excluding carboxylic acids is 1. The SMILES string of the molecule is Cc1cccc(C(=O)N2CC3(CN(Cc4ccccc4)CC3c3nc(C4CC4)n[nH]3)C2)c1. The van der Waals surface area contributed by atoms with Gasteiger partial charge in [0.25, 0.3) is 5.91 Å². The predicted octanol–water partition coefficient (Wildman–Crippen LogP) is 3.73. The fourth-order valence-electron chi connectivity index (χ4n) is 5.52. The van der Waals surface area contributed by atoms with Crippen molar-refractivity contribution >= 4 is 5.91 Å². The van der Waals surface area contributed by atoms with E-state index in [0.717, 1.165) is 55.5 Å². The third kappa shape index (κ3) is 3.52. The zero-order chi connectivity index (χ0) is 21.7. The van der Waals surface area contributed by atoms with Gasteiger partial charge in [0.1, 0.15) is 5.82 Å². The Hall–Kier alpha value is -2.99. The minimum Gasteiger partial charge on any atom is -0.337 e. The van der Waals surface area contributed by atoms with E-state index in [9.17, 15) is 4.79 Å². The second kappa shape index (κ2) is 7.55. The lowest BCUT2D eigenvalue weighted by molar-refractivity contribution is 0.00179. The molecule has 3 aliphatic rings. The normalized spacial score (nSPS) is 22.3. The maximum atomic E-state index is 13.1. The molecule has 0 radical (unpaired) electrons. The Morgan fingerprint density at radius 3 is 2.66 bits per heavy atom. The maximum absolute atomic E-state index is 13.1. The fraction of sp³-hybridized carbons (Fsp3) is 0.423. The van der Waals surface area contributed by atoms with E-state index >= 15 is 0 Å². The van der Waals surface area contributed by atoms with Gasteiger partial charge in [0.2, 0.25) is 0 Å². The first-order valence-electron chi connectivity index (χ1n) is 11.6. The Kier molecular flexibility index (Phi) is 4.65. The van der Waals surface area contributed by atoms with Gasteiger partial charge in [-0.1, -0.05) is 48.0 Å². The Labute approximate surface area is 188 Å². The number of nitrogens with one attached hydrogen (secondary N) is 1. The van der Waals surface area contributed by atoms with Gasteiger partial charge in [-0.25, -0.2) is 4.98 Å². The minimum atomic E-state index is 0.0363. The van der Waals surface area contributed by atoms with Gasteiger partial charge >= 0.3 is 0 Å². The second-order valence-corrected chi connectivity index (χ2v) is 9.95. The van der Waals surface area contributed by atoms with Crippen LogP contribution in [0.25, 0.3) is 0 Å². The Balaban J connectivity index is 1.23. The van der Waals surface area contributed by atoms with Crippen LogP contribution in [0.4, 0.5) is 0 Å². The van der Waals surface area contributed by atoms with Crippen molar-refractivity contribution in [3.8, 4) is 0 Å². The monoisotopic (exact) mass is 427 g/mol. The number of likely N-dealkylation sites (tertiary alicyclic amines) is 2. The highest BCUT2D eigenvalue weighted by molar-refractivity contribution is 5.95. The van der Waals surface area contributed by atoms with E-state index in [1.54, 1.807) is 0 Å². The number of H-pyrrole nitrogens is 1. The molecule has 6 rings (SSSR count). The van der Waals surface area contributed by atoms with Crippen LogP contribution in [0, 0.1) is 12.3 Å². The second-order valence-electron chi connectivity index (χ2n) is 9.95. The molecule has 6 nitrogen and oxygen atoms in total. The van der Waals surface area contributed by atoms with Gasteiger partial charge in [0.15, 0.2) is 5.82 Å². The highest BCUT2D eigenvalue weighted by Gasteiger charge is 2.57. The van der Waals surface area contributed by atoms with Gasteiger partial charge in [-0.15, -0.1) is 0 Å². The molecule has 6 heteroatoms. The molecular weight excluding hydrogens is 398 g/mol. The number of aromatic nitrogens is 3. The number of hydrogen-bond donors (Lipinski definition) is 1. The minimum absolute atomic E-state index is 0.0363. The molecule has 32 heavy (non-hydrogen) atoms. The van der Waals surface area contributed by atoms with Crippen molar-refractivity contribution in [1.29, 1.82) is 0 Å². The Morgan fingerprint density at radius 2 is 1.91 bits per heavy atom. The number of amides is 1. The Bertz CT molecular complexity index is 1130. The molecule has 3 aromatic rings. The maximum Gasteiger partial charge on any atom is 0.253 e. The van der Waals surface area contributed by atoms with E-state index in [4.69, 9.17) is 4.98 Å². The summed E-state index contributed by atoms with van der Waals surface area (Å²) < 4.78 is 0. The molecule has 1 atom stereocenters. The largest absolute Gasteiger partial charge is 0.337 e. The van der Waals surface area contributed by atoms with Gasteiger partial charge in [-0.2, -0.15) is 5.10 Å². The number of benzene rings is 2. The van der Waals surface area contributed by atoms with Gasteiger partial charge in [0, 0.05) is 55.5 Å². The molecule has 1 aliphatic carbocycles. The molecule has 3 heterocycles. The molecule has 164 valence electrons. The molecule has 1 N–H and O–H groups in total. The highest BCUT2D eigenvalue weighted by atomic mass is 16.2. The fourth-order valence-corrected chi connectivity index (χ4v) is 5.52. The molecule has 1 unspecified atom stereocenters. The van der Waals surface area contributed by atoms with E-state index in [1.165, 1.54) is 18.4 Å². The van der Waals surface area contributed by atoms with Crippen LogP contribution in [0.15, 0.2) is 54.6 Å². The summed E-state index contributed by atoms with van der Waals surface area (Å²) in [5.74, 6) is 2.93. The molecule has 2 aliphatic heterocycles. The zero-order valence-corrected chi connectivity index (χ0v) is 18.5. The third-order valence-electron chi connectivity index (χ3n) is 7.32. The van der Waals surface area contributed by atoms with Crippen LogP contribution in [-0.4, -0.2) is 57.1 Å². The first-order chi connectivity index (χ1) is 15.6. The number of nitrogens with zero attached hydrogens (tertiary/aromatic N) is 4. The van der Waals surface area contributed by atoms with Crippen molar-refractivity contribution in [2.24, 2.45) is 5.41 Å². The van der Waals surface area contributed by atoms with Crippen LogP contribution in [-0.2, 0) is 6.54 Å². The van der Waals surface area contributed by atoms with E-state index in [1.807, 2.05) is 36.1 Å². The van der Waals surface area contributed by atoms with Gasteiger partial charge in [-0.3, -0.25) is 14.8 Å².